The Bertz CT molecular complexity index is 515. The normalized spacial score (nSPS) is 18.4. The Hall–Kier alpha value is -2.24. The van der Waals surface area contributed by atoms with Gasteiger partial charge in [-0.3, -0.25) is 9.59 Å². The molecule has 1 heterocycles. The number of amides is 2. The molecule has 0 aromatic heterocycles. The van der Waals surface area contributed by atoms with Crippen LogP contribution in [0.1, 0.15) is 23.7 Å². The minimum atomic E-state index is -0.495. The molecule has 0 radical (unpaired) electrons. The average Bonchev–Trinajstić information content (AvgIpc) is 2.76. The highest BCUT2D eigenvalue weighted by molar-refractivity contribution is 5.99. The summed E-state index contributed by atoms with van der Waals surface area (Å²) >= 11 is 0. The molecule has 1 aromatic carbocycles. The highest BCUT2D eigenvalue weighted by Gasteiger charge is 2.25. The van der Waals surface area contributed by atoms with E-state index in [1.54, 1.807) is 18.2 Å². The lowest BCUT2D eigenvalue weighted by Gasteiger charge is -2.21. The minimum absolute atomic E-state index is 0.0423. The Balaban J connectivity index is 2.19. The van der Waals surface area contributed by atoms with Crippen LogP contribution in [0.2, 0.25) is 0 Å². The van der Waals surface area contributed by atoms with Crippen LogP contribution in [-0.4, -0.2) is 30.9 Å². The number of nitrogens with two attached hydrogens (primary N) is 2. The van der Waals surface area contributed by atoms with E-state index in [1.165, 1.54) is 6.92 Å². The number of rotatable bonds is 3. The summed E-state index contributed by atoms with van der Waals surface area (Å²) in [7, 11) is 0. The zero-order chi connectivity index (χ0) is 14.0. The second kappa shape index (κ2) is 5.17. The molecule has 102 valence electrons. The maximum atomic E-state index is 11.5. The van der Waals surface area contributed by atoms with Gasteiger partial charge in [0.1, 0.15) is 0 Å². The molecular formula is C13H18N4O2. The molecule has 5 N–H and O–H groups in total. The summed E-state index contributed by atoms with van der Waals surface area (Å²) in [5.41, 5.74) is 12.8. The highest BCUT2D eigenvalue weighted by Crippen LogP contribution is 2.26. The van der Waals surface area contributed by atoms with E-state index in [2.05, 4.69) is 5.32 Å². The number of hydrogen-bond donors (Lipinski definition) is 3. The van der Waals surface area contributed by atoms with Gasteiger partial charge in [-0.2, -0.15) is 0 Å². The Morgan fingerprint density at radius 3 is 2.79 bits per heavy atom. The smallest absolute Gasteiger partial charge is 0.250 e. The lowest BCUT2D eigenvalue weighted by Crippen LogP contribution is -2.36. The van der Waals surface area contributed by atoms with Crippen LogP contribution < -0.4 is 21.7 Å². The third-order valence-electron chi connectivity index (χ3n) is 3.22. The van der Waals surface area contributed by atoms with Crippen LogP contribution in [-0.2, 0) is 4.79 Å². The number of nitrogen functional groups attached to an aromatic ring is 1. The van der Waals surface area contributed by atoms with Crippen LogP contribution in [0.25, 0.3) is 0 Å². The van der Waals surface area contributed by atoms with Crippen LogP contribution in [0.15, 0.2) is 18.2 Å². The summed E-state index contributed by atoms with van der Waals surface area (Å²) < 4.78 is 0. The number of primary amides is 1. The topological polar surface area (TPSA) is 101 Å². The first kappa shape index (κ1) is 13.2. The van der Waals surface area contributed by atoms with E-state index >= 15 is 0 Å². The molecule has 1 unspecified atom stereocenters. The molecule has 2 rings (SSSR count). The lowest BCUT2D eigenvalue weighted by atomic mass is 10.1. The first-order chi connectivity index (χ1) is 8.97. The molecule has 1 fully saturated rings. The molecule has 1 atom stereocenters. The van der Waals surface area contributed by atoms with Crippen LogP contribution in [0, 0.1) is 0 Å². The molecule has 6 nitrogen and oxygen atoms in total. The Morgan fingerprint density at radius 1 is 1.42 bits per heavy atom. The van der Waals surface area contributed by atoms with E-state index in [1.807, 2.05) is 4.90 Å². The van der Waals surface area contributed by atoms with E-state index < -0.39 is 5.91 Å². The fourth-order valence-electron chi connectivity index (χ4n) is 2.41. The molecule has 0 saturated carbocycles. The van der Waals surface area contributed by atoms with Crippen molar-refractivity contribution in [3.8, 4) is 0 Å². The number of carbonyl (C=O) groups excluding carboxylic acids is 2. The molecule has 6 heteroatoms. The average molecular weight is 262 g/mol. The van der Waals surface area contributed by atoms with Gasteiger partial charge in [0, 0.05) is 37.4 Å². The zero-order valence-corrected chi connectivity index (χ0v) is 10.8. The number of nitrogens with zero attached hydrogens (tertiary/aromatic N) is 1. The van der Waals surface area contributed by atoms with E-state index in [4.69, 9.17) is 11.5 Å². The quantitative estimate of drug-likeness (QED) is 0.671. The molecule has 1 aromatic rings. The van der Waals surface area contributed by atoms with Crippen LogP contribution in [0.5, 0.6) is 0 Å². The molecule has 1 saturated heterocycles. The summed E-state index contributed by atoms with van der Waals surface area (Å²) in [5.74, 6) is -0.537. The van der Waals surface area contributed by atoms with Crippen molar-refractivity contribution in [1.29, 1.82) is 0 Å². The third-order valence-corrected chi connectivity index (χ3v) is 3.22. The third kappa shape index (κ3) is 2.96. The molecule has 0 aliphatic carbocycles. The van der Waals surface area contributed by atoms with Gasteiger partial charge in [0.2, 0.25) is 5.91 Å². The second-order valence-electron chi connectivity index (χ2n) is 4.77. The minimum Gasteiger partial charge on any atom is -0.399 e. The summed E-state index contributed by atoms with van der Waals surface area (Å²) in [6, 6.07) is 5.23. The van der Waals surface area contributed by atoms with Crippen molar-refractivity contribution >= 4 is 23.2 Å². The van der Waals surface area contributed by atoms with Crippen molar-refractivity contribution in [2.45, 2.75) is 19.4 Å². The monoisotopic (exact) mass is 262 g/mol. The fraction of sp³-hybridized carbons (Fsp3) is 0.385. The first-order valence-electron chi connectivity index (χ1n) is 6.18. The van der Waals surface area contributed by atoms with Crippen molar-refractivity contribution in [3.63, 3.8) is 0 Å². The van der Waals surface area contributed by atoms with Gasteiger partial charge in [-0.15, -0.1) is 0 Å². The van der Waals surface area contributed by atoms with Gasteiger partial charge in [0.05, 0.1) is 5.56 Å². The highest BCUT2D eigenvalue weighted by atomic mass is 16.1. The van der Waals surface area contributed by atoms with Gasteiger partial charge >= 0.3 is 0 Å². The Labute approximate surface area is 111 Å². The fourth-order valence-corrected chi connectivity index (χ4v) is 2.41. The maximum Gasteiger partial charge on any atom is 0.250 e. The van der Waals surface area contributed by atoms with Gasteiger partial charge in [-0.25, -0.2) is 0 Å². The number of nitrogens with one attached hydrogen (secondary N) is 1. The predicted molar refractivity (Wildman–Crippen MR) is 73.8 cm³/mol. The van der Waals surface area contributed by atoms with Gasteiger partial charge in [0.25, 0.3) is 5.91 Å². The summed E-state index contributed by atoms with van der Waals surface area (Å²) in [5, 5.41) is 2.88. The van der Waals surface area contributed by atoms with Crippen LogP contribution >= 0.6 is 0 Å². The number of benzene rings is 1. The molecule has 0 bridgehead atoms. The summed E-state index contributed by atoms with van der Waals surface area (Å²) in [6.07, 6.45) is 0.849. The number of anilines is 2. The van der Waals surface area contributed by atoms with Crippen LogP contribution in [0.4, 0.5) is 11.4 Å². The van der Waals surface area contributed by atoms with Crippen molar-refractivity contribution in [2.75, 3.05) is 23.7 Å². The van der Waals surface area contributed by atoms with E-state index in [9.17, 15) is 9.59 Å². The molecular weight excluding hydrogens is 244 g/mol. The van der Waals surface area contributed by atoms with Crippen molar-refractivity contribution < 1.29 is 9.59 Å². The van der Waals surface area contributed by atoms with Crippen molar-refractivity contribution in [2.24, 2.45) is 5.73 Å². The van der Waals surface area contributed by atoms with Gasteiger partial charge < -0.3 is 21.7 Å². The molecule has 1 aliphatic heterocycles. The summed E-state index contributed by atoms with van der Waals surface area (Å²) in [4.78, 5) is 24.5. The SMILES string of the molecule is CC(=O)NC1CCN(c2ccc(N)cc2C(N)=O)C1. The van der Waals surface area contributed by atoms with Gasteiger partial charge in [-0.1, -0.05) is 0 Å². The second-order valence-corrected chi connectivity index (χ2v) is 4.77. The molecule has 2 amide bonds. The number of hydrogen-bond acceptors (Lipinski definition) is 4. The predicted octanol–water partition coefficient (Wildman–Crippen LogP) is 0.0825. The van der Waals surface area contributed by atoms with E-state index in [0.717, 1.165) is 18.7 Å². The van der Waals surface area contributed by atoms with Crippen LogP contribution in [0.3, 0.4) is 0 Å². The Morgan fingerprint density at radius 2 is 2.16 bits per heavy atom. The van der Waals surface area contributed by atoms with Gasteiger partial charge in [-0.05, 0) is 24.6 Å². The zero-order valence-electron chi connectivity index (χ0n) is 10.8. The van der Waals surface area contributed by atoms with E-state index in [0.29, 0.717) is 17.8 Å². The van der Waals surface area contributed by atoms with E-state index in [-0.39, 0.29) is 11.9 Å². The molecule has 1 aliphatic rings. The lowest BCUT2D eigenvalue weighted by molar-refractivity contribution is -0.119. The standard InChI is InChI=1S/C13H18N4O2/c1-8(18)16-10-4-5-17(7-10)12-3-2-9(14)6-11(12)13(15)19/h2-3,6,10H,4-5,7,14H2,1H3,(H2,15,19)(H,16,18). The summed E-state index contributed by atoms with van der Waals surface area (Å²) in [6.45, 7) is 2.94. The molecule has 19 heavy (non-hydrogen) atoms. The van der Waals surface area contributed by atoms with Crippen molar-refractivity contribution in [1.82, 2.24) is 5.32 Å². The van der Waals surface area contributed by atoms with Gasteiger partial charge in [0.15, 0.2) is 0 Å². The molecule has 0 spiro atoms. The first-order valence-corrected chi connectivity index (χ1v) is 6.18. The Kier molecular flexibility index (Phi) is 3.59. The largest absolute Gasteiger partial charge is 0.399 e. The number of carbonyl (C=O) groups is 2. The van der Waals surface area contributed by atoms with Crippen molar-refractivity contribution in [3.05, 3.63) is 23.8 Å². The maximum absolute atomic E-state index is 11.5.